The van der Waals surface area contributed by atoms with Crippen LogP contribution in [-0.2, 0) is 19.6 Å². The van der Waals surface area contributed by atoms with Gasteiger partial charge in [-0.2, -0.15) is 4.31 Å². The molecule has 0 unspecified atom stereocenters. The SMILES string of the molecule is O=C(O)C1(S(=O)(=O)N2CC=C(c3ccc(-c4ccccc4)cc3)CC2)CCOCC1. The number of carboxylic acids is 1. The van der Waals surface area contributed by atoms with Crippen LogP contribution in [0.2, 0.25) is 0 Å². The van der Waals surface area contributed by atoms with Crippen LogP contribution in [0, 0.1) is 0 Å². The van der Waals surface area contributed by atoms with Crippen molar-refractivity contribution in [3.8, 4) is 11.1 Å². The number of hydrogen-bond acceptors (Lipinski definition) is 4. The first kappa shape index (κ1) is 20.8. The van der Waals surface area contributed by atoms with Gasteiger partial charge in [0.25, 0.3) is 0 Å². The van der Waals surface area contributed by atoms with E-state index in [2.05, 4.69) is 36.4 Å². The Hall–Kier alpha value is -2.48. The van der Waals surface area contributed by atoms with Crippen molar-refractivity contribution >= 4 is 21.6 Å². The van der Waals surface area contributed by atoms with E-state index in [0.29, 0.717) is 6.42 Å². The van der Waals surface area contributed by atoms with E-state index in [1.54, 1.807) is 0 Å². The van der Waals surface area contributed by atoms with Crippen LogP contribution in [0.3, 0.4) is 0 Å². The molecule has 2 aromatic carbocycles. The van der Waals surface area contributed by atoms with Gasteiger partial charge in [0, 0.05) is 39.1 Å². The summed E-state index contributed by atoms with van der Waals surface area (Å²) in [6.07, 6.45) is 2.42. The third-order valence-corrected chi connectivity index (χ3v) is 8.64. The Labute approximate surface area is 176 Å². The van der Waals surface area contributed by atoms with E-state index in [9.17, 15) is 18.3 Å². The number of benzene rings is 2. The molecule has 30 heavy (non-hydrogen) atoms. The summed E-state index contributed by atoms with van der Waals surface area (Å²) in [6.45, 7) is 0.765. The smallest absolute Gasteiger partial charge is 0.326 e. The topological polar surface area (TPSA) is 83.9 Å². The van der Waals surface area contributed by atoms with Gasteiger partial charge >= 0.3 is 5.97 Å². The normalized spacial score (nSPS) is 19.8. The second-order valence-corrected chi connectivity index (χ2v) is 9.95. The summed E-state index contributed by atoms with van der Waals surface area (Å²) >= 11 is 0. The van der Waals surface area contributed by atoms with E-state index in [0.717, 1.165) is 22.3 Å². The van der Waals surface area contributed by atoms with E-state index in [4.69, 9.17) is 4.74 Å². The molecule has 0 aromatic heterocycles. The Balaban J connectivity index is 1.52. The number of hydrogen-bond donors (Lipinski definition) is 1. The first-order valence-corrected chi connectivity index (χ1v) is 11.5. The van der Waals surface area contributed by atoms with Crippen molar-refractivity contribution in [2.24, 2.45) is 0 Å². The quantitative estimate of drug-likeness (QED) is 0.791. The molecule has 4 rings (SSSR count). The number of aliphatic carboxylic acids is 1. The van der Waals surface area contributed by atoms with Gasteiger partial charge in [0.2, 0.25) is 10.0 Å². The minimum absolute atomic E-state index is 0.0152. The zero-order chi connectivity index (χ0) is 21.2. The van der Waals surface area contributed by atoms with Gasteiger partial charge in [0.05, 0.1) is 0 Å². The molecule has 1 fully saturated rings. The van der Waals surface area contributed by atoms with Crippen LogP contribution in [0.15, 0.2) is 60.7 Å². The van der Waals surface area contributed by atoms with Gasteiger partial charge in [-0.1, -0.05) is 60.7 Å². The standard InChI is InChI=1S/C23H25NO5S/c25-22(26)23(12-16-29-17-13-23)30(27,28)24-14-10-21(11-15-24)20-8-6-19(7-9-20)18-4-2-1-3-5-18/h1-10H,11-17H2,(H,25,26). The van der Waals surface area contributed by atoms with Crippen molar-refractivity contribution in [2.45, 2.75) is 24.0 Å². The number of nitrogens with zero attached hydrogens (tertiary/aromatic N) is 1. The van der Waals surface area contributed by atoms with Crippen molar-refractivity contribution in [1.82, 2.24) is 4.31 Å². The molecule has 2 heterocycles. The molecular formula is C23H25NO5S. The average molecular weight is 428 g/mol. The van der Waals surface area contributed by atoms with Gasteiger partial charge in [-0.05, 0) is 28.7 Å². The van der Waals surface area contributed by atoms with Crippen molar-refractivity contribution in [1.29, 1.82) is 0 Å². The number of rotatable bonds is 5. The van der Waals surface area contributed by atoms with Crippen molar-refractivity contribution in [2.75, 3.05) is 26.3 Å². The molecule has 0 bridgehead atoms. The van der Waals surface area contributed by atoms with Crippen LogP contribution in [0.1, 0.15) is 24.8 Å². The van der Waals surface area contributed by atoms with E-state index in [1.165, 1.54) is 4.31 Å². The highest BCUT2D eigenvalue weighted by molar-refractivity contribution is 7.91. The Bertz CT molecular complexity index is 1040. The van der Waals surface area contributed by atoms with Gasteiger partial charge in [-0.15, -0.1) is 0 Å². The highest BCUT2D eigenvalue weighted by atomic mass is 32.2. The molecule has 1 saturated heterocycles. The molecule has 0 atom stereocenters. The summed E-state index contributed by atoms with van der Waals surface area (Å²) in [7, 11) is -3.99. The molecule has 0 saturated carbocycles. The first-order valence-electron chi connectivity index (χ1n) is 10.1. The van der Waals surface area contributed by atoms with Crippen LogP contribution in [0.4, 0.5) is 0 Å². The maximum absolute atomic E-state index is 13.2. The molecule has 2 aliphatic heterocycles. The van der Waals surface area contributed by atoms with Gasteiger partial charge < -0.3 is 9.84 Å². The Kier molecular flexibility index (Phi) is 5.77. The number of ether oxygens (including phenoxy) is 1. The highest BCUT2D eigenvalue weighted by Crippen LogP contribution is 2.35. The van der Waals surface area contributed by atoms with Gasteiger partial charge in [-0.3, -0.25) is 4.79 Å². The van der Waals surface area contributed by atoms with Crippen LogP contribution in [0.5, 0.6) is 0 Å². The molecule has 0 radical (unpaired) electrons. The number of sulfonamides is 1. The van der Waals surface area contributed by atoms with Crippen LogP contribution >= 0.6 is 0 Å². The van der Waals surface area contributed by atoms with E-state index in [-0.39, 0.29) is 39.1 Å². The molecule has 1 N–H and O–H groups in total. The van der Waals surface area contributed by atoms with E-state index in [1.807, 2.05) is 24.3 Å². The minimum Gasteiger partial charge on any atom is -0.480 e. The summed E-state index contributed by atoms with van der Waals surface area (Å²) in [4.78, 5) is 11.9. The monoisotopic (exact) mass is 427 g/mol. The number of carbonyl (C=O) groups is 1. The number of carboxylic acid groups (broad SMARTS) is 1. The van der Waals surface area contributed by atoms with Gasteiger partial charge in [0.1, 0.15) is 0 Å². The molecule has 6 nitrogen and oxygen atoms in total. The lowest BCUT2D eigenvalue weighted by atomic mass is 9.97. The van der Waals surface area contributed by atoms with E-state index < -0.39 is 20.7 Å². The molecule has 2 aliphatic rings. The maximum atomic E-state index is 13.2. The second-order valence-electron chi connectivity index (χ2n) is 7.70. The molecular weight excluding hydrogens is 402 g/mol. The molecule has 0 aliphatic carbocycles. The minimum atomic E-state index is -3.99. The van der Waals surface area contributed by atoms with Gasteiger partial charge in [0.15, 0.2) is 4.75 Å². The fourth-order valence-corrected chi connectivity index (χ4v) is 6.17. The molecule has 2 aromatic rings. The van der Waals surface area contributed by atoms with E-state index >= 15 is 0 Å². The third-order valence-electron chi connectivity index (χ3n) is 6.06. The first-order chi connectivity index (χ1) is 14.4. The lowest BCUT2D eigenvalue weighted by Crippen LogP contribution is -2.56. The molecule has 0 amide bonds. The fourth-order valence-electron chi connectivity index (χ4n) is 4.17. The van der Waals surface area contributed by atoms with Crippen molar-refractivity contribution in [3.05, 3.63) is 66.2 Å². The van der Waals surface area contributed by atoms with Gasteiger partial charge in [-0.25, -0.2) is 8.42 Å². The summed E-state index contributed by atoms with van der Waals surface area (Å²) in [5, 5.41) is 9.73. The summed E-state index contributed by atoms with van der Waals surface area (Å²) in [5.74, 6) is -1.28. The predicted molar refractivity (Wildman–Crippen MR) is 115 cm³/mol. The van der Waals surface area contributed by atoms with Crippen LogP contribution < -0.4 is 0 Å². The molecule has 0 spiro atoms. The third kappa shape index (κ3) is 3.69. The Morgan fingerprint density at radius 2 is 1.53 bits per heavy atom. The molecule has 7 heteroatoms. The van der Waals surface area contributed by atoms with Crippen LogP contribution in [-0.4, -0.2) is 54.8 Å². The van der Waals surface area contributed by atoms with Crippen molar-refractivity contribution in [3.63, 3.8) is 0 Å². The lowest BCUT2D eigenvalue weighted by Gasteiger charge is -2.38. The summed E-state index contributed by atoms with van der Waals surface area (Å²) in [6, 6.07) is 18.4. The largest absolute Gasteiger partial charge is 0.480 e. The second kappa shape index (κ2) is 8.34. The van der Waals surface area contributed by atoms with Crippen molar-refractivity contribution < 1.29 is 23.1 Å². The zero-order valence-corrected chi connectivity index (χ0v) is 17.5. The maximum Gasteiger partial charge on any atom is 0.326 e. The average Bonchev–Trinajstić information content (AvgIpc) is 2.80. The predicted octanol–water partition coefficient (Wildman–Crippen LogP) is 3.41. The Morgan fingerprint density at radius 3 is 2.10 bits per heavy atom. The fraction of sp³-hybridized carbons (Fsp3) is 0.348. The van der Waals surface area contributed by atoms with Crippen LogP contribution in [0.25, 0.3) is 16.7 Å². The summed E-state index contributed by atoms with van der Waals surface area (Å²) < 4.78 is 31.2. The Morgan fingerprint density at radius 1 is 0.933 bits per heavy atom. The summed E-state index contributed by atoms with van der Waals surface area (Å²) in [5.41, 5.74) is 4.42. The zero-order valence-electron chi connectivity index (χ0n) is 16.7. The lowest BCUT2D eigenvalue weighted by molar-refractivity contribution is -0.142. The highest BCUT2D eigenvalue weighted by Gasteiger charge is 2.54. The molecule has 158 valence electrons.